The Kier molecular flexibility index (Phi) is 9.39. The monoisotopic (exact) mass is 600 g/mol. The van der Waals surface area contributed by atoms with E-state index in [9.17, 15) is 24.5 Å². The summed E-state index contributed by atoms with van der Waals surface area (Å²) in [6.45, 7) is 1.92. The van der Waals surface area contributed by atoms with Crippen LogP contribution in [0.5, 0.6) is 5.75 Å². The Morgan fingerprint density at radius 3 is 2.20 bits per heavy atom. The number of amides is 3. The standard InChI is InChI=1S/C32H36N6O6/c1-44-27-4-2-3-23(19-27)32(41)37-17-15-36(16-18-37)29-14-7-22(31(40)34-25-10-8-24(33)9-11-25)20-28(29)35-30(39)21-5-12-26(13-6-21)38(42)43/h2-7,12-14,19-20,24-25H,8-11,15-18,33H2,1H3,(H,34,40)(H,35,39). The van der Waals surface area contributed by atoms with Crippen molar-refractivity contribution in [3.8, 4) is 5.75 Å². The van der Waals surface area contributed by atoms with Crippen molar-refractivity contribution in [2.24, 2.45) is 5.73 Å². The van der Waals surface area contributed by atoms with E-state index in [2.05, 4.69) is 15.5 Å². The maximum atomic E-state index is 13.2. The number of nitrogens with zero attached hydrogens (tertiary/aromatic N) is 3. The minimum Gasteiger partial charge on any atom is -0.497 e. The molecule has 230 valence electrons. The van der Waals surface area contributed by atoms with Crippen LogP contribution in [-0.4, -0.2) is 72.9 Å². The molecular weight excluding hydrogens is 564 g/mol. The largest absolute Gasteiger partial charge is 0.497 e. The van der Waals surface area contributed by atoms with Crippen molar-refractivity contribution in [1.82, 2.24) is 10.2 Å². The zero-order valence-electron chi connectivity index (χ0n) is 24.5. The molecule has 1 saturated carbocycles. The van der Waals surface area contributed by atoms with Crippen LogP contribution in [0.3, 0.4) is 0 Å². The van der Waals surface area contributed by atoms with Crippen LogP contribution in [0.1, 0.15) is 56.8 Å². The molecule has 0 radical (unpaired) electrons. The number of carbonyl (C=O) groups is 3. The zero-order valence-corrected chi connectivity index (χ0v) is 24.5. The normalized spacial score (nSPS) is 18.3. The molecule has 5 rings (SSSR count). The number of nitro benzene ring substituents is 1. The number of hydrogen-bond acceptors (Lipinski definition) is 8. The van der Waals surface area contributed by atoms with E-state index in [1.165, 1.54) is 24.3 Å². The average Bonchev–Trinajstić information content (AvgIpc) is 3.05. The van der Waals surface area contributed by atoms with E-state index in [1.807, 2.05) is 0 Å². The molecule has 0 bridgehead atoms. The maximum Gasteiger partial charge on any atom is 0.269 e. The van der Waals surface area contributed by atoms with Crippen LogP contribution in [0.15, 0.2) is 66.7 Å². The first kappa shape index (κ1) is 30.5. The van der Waals surface area contributed by atoms with Gasteiger partial charge in [0.2, 0.25) is 0 Å². The summed E-state index contributed by atoms with van der Waals surface area (Å²) in [7, 11) is 1.56. The molecule has 2 aliphatic rings. The van der Waals surface area contributed by atoms with Crippen molar-refractivity contribution < 1.29 is 24.0 Å². The lowest BCUT2D eigenvalue weighted by molar-refractivity contribution is -0.384. The van der Waals surface area contributed by atoms with E-state index in [0.29, 0.717) is 54.4 Å². The molecule has 0 spiro atoms. The lowest BCUT2D eigenvalue weighted by Crippen LogP contribution is -2.49. The van der Waals surface area contributed by atoms with E-state index < -0.39 is 10.8 Å². The topological polar surface area (TPSA) is 160 Å². The summed E-state index contributed by atoms with van der Waals surface area (Å²) in [5.74, 6) is -0.187. The molecule has 12 nitrogen and oxygen atoms in total. The van der Waals surface area contributed by atoms with Crippen molar-refractivity contribution in [1.29, 1.82) is 0 Å². The van der Waals surface area contributed by atoms with Crippen LogP contribution in [0.25, 0.3) is 0 Å². The van der Waals surface area contributed by atoms with Gasteiger partial charge in [-0.05, 0) is 74.2 Å². The minimum absolute atomic E-state index is 0.0373. The summed E-state index contributed by atoms with van der Waals surface area (Å²) in [6.07, 6.45) is 3.33. The number of anilines is 2. The highest BCUT2D eigenvalue weighted by molar-refractivity contribution is 6.07. The highest BCUT2D eigenvalue weighted by atomic mass is 16.6. The Balaban J connectivity index is 1.34. The molecule has 3 aromatic rings. The third-order valence-electron chi connectivity index (χ3n) is 8.18. The molecule has 1 aliphatic heterocycles. The molecule has 0 atom stereocenters. The lowest BCUT2D eigenvalue weighted by atomic mass is 9.91. The molecule has 12 heteroatoms. The Morgan fingerprint density at radius 2 is 1.55 bits per heavy atom. The first-order valence-corrected chi connectivity index (χ1v) is 14.7. The van der Waals surface area contributed by atoms with Gasteiger partial charge in [0.05, 0.1) is 23.4 Å². The molecule has 2 fully saturated rings. The predicted octanol–water partition coefficient (Wildman–Crippen LogP) is 3.82. The third-order valence-corrected chi connectivity index (χ3v) is 8.18. The maximum absolute atomic E-state index is 13.2. The van der Waals surface area contributed by atoms with Gasteiger partial charge in [0.25, 0.3) is 23.4 Å². The van der Waals surface area contributed by atoms with E-state index in [4.69, 9.17) is 10.5 Å². The molecule has 3 amide bonds. The van der Waals surface area contributed by atoms with Gasteiger partial charge >= 0.3 is 0 Å². The quantitative estimate of drug-likeness (QED) is 0.260. The molecule has 1 aliphatic carbocycles. The summed E-state index contributed by atoms with van der Waals surface area (Å²) in [6, 6.07) is 17.7. The number of nitrogens with two attached hydrogens (primary N) is 1. The molecular formula is C32H36N6O6. The summed E-state index contributed by atoms with van der Waals surface area (Å²) in [5, 5.41) is 17.0. The average molecular weight is 601 g/mol. The van der Waals surface area contributed by atoms with E-state index in [-0.39, 0.29) is 35.1 Å². The Bertz CT molecular complexity index is 1530. The highest BCUT2D eigenvalue weighted by Gasteiger charge is 2.26. The number of benzene rings is 3. The van der Waals surface area contributed by atoms with E-state index >= 15 is 0 Å². The van der Waals surface area contributed by atoms with Crippen molar-refractivity contribution in [2.45, 2.75) is 37.8 Å². The lowest BCUT2D eigenvalue weighted by Gasteiger charge is -2.37. The summed E-state index contributed by atoms with van der Waals surface area (Å²) in [4.78, 5) is 53.9. The fourth-order valence-electron chi connectivity index (χ4n) is 5.60. The highest BCUT2D eigenvalue weighted by Crippen LogP contribution is 2.30. The Morgan fingerprint density at radius 1 is 0.864 bits per heavy atom. The zero-order chi connectivity index (χ0) is 31.2. The van der Waals surface area contributed by atoms with E-state index in [1.54, 1.807) is 54.5 Å². The van der Waals surface area contributed by atoms with Crippen molar-refractivity contribution in [3.63, 3.8) is 0 Å². The number of carbonyl (C=O) groups excluding carboxylic acids is 3. The van der Waals surface area contributed by atoms with Crippen LogP contribution < -0.4 is 26.0 Å². The smallest absolute Gasteiger partial charge is 0.269 e. The van der Waals surface area contributed by atoms with Crippen LogP contribution in [0.4, 0.5) is 17.1 Å². The summed E-state index contributed by atoms with van der Waals surface area (Å²) < 4.78 is 5.26. The first-order chi connectivity index (χ1) is 21.2. The number of methoxy groups -OCH3 is 1. The minimum atomic E-state index is -0.527. The van der Waals surface area contributed by atoms with Crippen LogP contribution >= 0.6 is 0 Å². The Hall–Kier alpha value is -4.97. The number of piperazine rings is 1. The number of hydrogen-bond donors (Lipinski definition) is 3. The SMILES string of the molecule is COc1cccc(C(=O)N2CCN(c3ccc(C(=O)NC4CCC(N)CC4)cc3NC(=O)c3ccc([N+](=O)[O-])cc3)CC2)c1. The number of nitrogens with one attached hydrogen (secondary N) is 2. The van der Waals surface area contributed by atoms with Gasteiger partial charge in [0.15, 0.2) is 0 Å². The fourth-order valence-corrected chi connectivity index (χ4v) is 5.60. The van der Waals surface area contributed by atoms with Gasteiger partial charge in [-0.25, -0.2) is 0 Å². The van der Waals surface area contributed by atoms with Crippen molar-refractivity contribution in [3.05, 3.63) is 93.5 Å². The van der Waals surface area contributed by atoms with Crippen molar-refractivity contribution >= 4 is 34.8 Å². The summed E-state index contributed by atoms with van der Waals surface area (Å²) >= 11 is 0. The molecule has 0 aromatic heterocycles. The Labute approximate surface area is 255 Å². The van der Waals surface area contributed by atoms with Gasteiger partial charge in [0, 0.05) is 67.1 Å². The van der Waals surface area contributed by atoms with Gasteiger partial charge in [0.1, 0.15) is 5.75 Å². The molecule has 3 aromatic carbocycles. The van der Waals surface area contributed by atoms with Gasteiger partial charge in [-0.3, -0.25) is 24.5 Å². The number of ether oxygens (including phenoxy) is 1. The van der Waals surface area contributed by atoms with Gasteiger partial charge in [-0.15, -0.1) is 0 Å². The predicted molar refractivity (Wildman–Crippen MR) is 166 cm³/mol. The second-order valence-corrected chi connectivity index (χ2v) is 11.1. The van der Waals surface area contributed by atoms with Gasteiger partial charge in [-0.1, -0.05) is 6.07 Å². The molecule has 0 unspecified atom stereocenters. The second kappa shape index (κ2) is 13.6. The molecule has 44 heavy (non-hydrogen) atoms. The number of rotatable bonds is 8. The number of non-ortho nitro benzene ring substituents is 1. The van der Waals surface area contributed by atoms with Crippen LogP contribution in [-0.2, 0) is 0 Å². The van der Waals surface area contributed by atoms with Gasteiger partial charge < -0.3 is 30.9 Å². The third kappa shape index (κ3) is 7.14. The first-order valence-electron chi connectivity index (χ1n) is 14.7. The van der Waals surface area contributed by atoms with Crippen molar-refractivity contribution in [2.75, 3.05) is 43.5 Å². The molecule has 1 saturated heterocycles. The second-order valence-electron chi connectivity index (χ2n) is 11.1. The molecule has 1 heterocycles. The van der Waals surface area contributed by atoms with Crippen LogP contribution in [0, 0.1) is 10.1 Å². The number of nitro groups is 1. The molecule has 4 N–H and O–H groups in total. The van der Waals surface area contributed by atoms with Gasteiger partial charge in [-0.2, -0.15) is 0 Å². The fraction of sp³-hybridized carbons (Fsp3) is 0.344. The van der Waals surface area contributed by atoms with E-state index in [0.717, 1.165) is 25.7 Å². The summed E-state index contributed by atoms with van der Waals surface area (Å²) in [5.41, 5.74) is 8.21. The van der Waals surface area contributed by atoms with Crippen LogP contribution in [0.2, 0.25) is 0 Å².